The highest BCUT2D eigenvalue weighted by molar-refractivity contribution is 14.1. The topological polar surface area (TPSA) is 76.7 Å². The fourth-order valence-electron chi connectivity index (χ4n) is 1.36. The number of nitrogen functional groups attached to an aromatic ring is 1. The summed E-state index contributed by atoms with van der Waals surface area (Å²) >= 11 is 3.67. The minimum atomic E-state index is -0.180. The second kappa shape index (κ2) is 5.13. The number of hydrogen-bond donors (Lipinski definition) is 2. The molecule has 0 atom stereocenters. The number of benzene rings is 1. The predicted octanol–water partition coefficient (Wildman–Crippen LogP) is 1.93. The molecule has 3 N–H and O–H groups in total. The van der Waals surface area contributed by atoms with E-state index in [1.165, 1.54) is 11.8 Å². The average Bonchev–Trinajstić information content (AvgIpc) is 2.63. The Bertz CT molecular complexity index is 592. The lowest BCUT2D eigenvalue weighted by molar-refractivity contribution is 0.660. The summed E-state index contributed by atoms with van der Waals surface area (Å²) in [5, 5.41) is 7.11. The molecule has 2 rings (SSSR count). The second-order valence-electron chi connectivity index (χ2n) is 3.35. The normalized spacial score (nSPS) is 10.7. The summed E-state index contributed by atoms with van der Waals surface area (Å²) in [7, 11) is 0. The van der Waals surface area contributed by atoms with E-state index in [-0.39, 0.29) is 5.69 Å². The molecule has 1 aromatic carbocycles. The maximum absolute atomic E-state index is 11.4. The Morgan fingerprint density at radius 2 is 2.35 bits per heavy atom. The van der Waals surface area contributed by atoms with E-state index in [9.17, 15) is 4.79 Å². The minimum Gasteiger partial charge on any atom is -0.399 e. The van der Waals surface area contributed by atoms with Crippen LogP contribution >= 0.6 is 34.4 Å². The van der Waals surface area contributed by atoms with E-state index in [4.69, 9.17) is 5.73 Å². The number of halogens is 1. The fourth-order valence-corrected chi connectivity index (χ4v) is 3.13. The highest BCUT2D eigenvalue weighted by atomic mass is 127. The summed E-state index contributed by atoms with van der Waals surface area (Å²) in [4.78, 5) is 12.4. The summed E-state index contributed by atoms with van der Waals surface area (Å²) in [5.74, 6) is 0. The first-order chi connectivity index (χ1) is 8.11. The van der Waals surface area contributed by atoms with E-state index in [1.807, 2.05) is 25.1 Å². The van der Waals surface area contributed by atoms with E-state index in [2.05, 4.69) is 32.8 Å². The van der Waals surface area contributed by atoms with Crippen LogP contribution in [0.3, 0.4) is 0 Å². The third kappa shape index (κ3) is 2.65. The van der Waals surface area contributed by atoms with Crippen molar-refractivity contribution >= 4 is 40.0 Å². The van der Waals surface area contributed by atoms with Crippen molar-refractivity contribution in [1.29, 1.82) is 0 Å². The summed E-state index contributed by atoms with van der Waals surface area (Å²) in [6.45, 7) is 2.51. The number of nitrogens with zero attached hydrogens (tertiary/aromatic N) is 2. The van der Waals surface area contributed by atoms with E-state index in [0.29, 0.717) is 11.7 Å². The smallest absolute Gasteiger partial charge is 0.343 e. The van der Waals surface area contributed by atoms with E-state index < -0.39 is 0 Å². The van der Waals surface area contributed by atoms with Crippen LogP contribution in [0.4, 0.5) is 5.69 Å². The fraction of sp³-hybridized carbons (Fsp3) is 0.200. The SMILES string of the molecule is CCn1c(Sc2ccc(N)cc2I)n[nH]c1=O. The maximum atomic E-state index is 11.4. The molecule has 0 fully saturated rings. The van der Waals surface area contributed by atoms with Crippen molar-refractivity contribution in [3.8, 4) is 0 Å². The first-order valence-corrected chi connectivity index (χ1v) is 6.89. The van der Waals surface area contributed by atoms with Gasteiger partial charge in [-0.25, -0.2) is 9.89 Å². The van der Waals surface area contributed by atoms with Crippen LogP contribution in [0.1, 0.15) is 6.92 Å². The van der Waals surface area contributed by atoms with Gasteiger partial charge in [-0.05, 0) is 59.5 Å². The van der Waals surface area contributed by atoms with Crippen molar-refractivity contribution in [2.24, 2.45) is 0 Å². The number of aromatic nitrogens is 3. The standard InChI is InChI=1S/C10H11IN4OS/c1-2-15-9(16)13-14-10(15)17-8-4-3-6(12)5-7(8)11/h3-5H,2,12H2,1H3,(H,13,16). The second-order valence-corrected chi connectivity index (χ2v) is 5.52. The van der Waals surface area contributed by atoms with Gasteiger partial charge in [0, 0.05) is 20.7 Å². The Labute approximate surface area is 116 Å². The number of anilines is 1. The molecule has 0 aliphatic carbocycles. The van der Waals surface area contributed by atoms with Crippen molar-refractivity contribution in [3.05, 3.63) is 32.3 Å². The Kier molecular flexibility index (Phi) is 3.77. The summed E-state index contributed by atoms with van der Waals surface area (Å²) in [6, 6.07) is 5.66. The molecule has 0 aliphatic heterocycles. The zero-order valence-electron chi connectivity index (χ0n) is 9.11. The predicted molar refractivity (Wildman–Crippen MR) is 76.2 cm³/mol. The number of hydrogen-bond acceptors (Lipinski definition) is 4. The van der Waals surface area contributed by atoms with E-state index >= 15 is 0 Å². The quantitative estimate of drug-likeness (QED) is 0.646. The van der Waals surface area contributed by atoms with Gasteiger partial charge < -0.3 is 5.73 Å². The van der Waals surface area contributed by atoms with Gasteiger partial charge in [0.2, 0.25) is 0 Å². The first kappa shape index (κ1) is 12.5. The zero-order valence-corrected chi connectivity index (χ0v) is 12.1. The van der Waals surface area contributed by atoms with E-state index in [0.717, 1.165) is 14.2 Å². The molecule has 2 aromatic rings. The number of nitrogens with two attached hydrogens (primary N) is 1. The molecule has 17 heavy (non-hydrogen) atoms. The maximum Gasteiger partial charge on any atom is 0.343 e. The molecule has 0 bridgehead atoms. The van der Waals surface area contributed by atoms with Gasteiger partial charge in [0.15, 0.2) is 5.16 Å². The molecule has 1 aromatic heterocycles. The van der Waals surface area contributed by atoms with Crippen molar-refractivity contribution in [3.63, 3.8) is 0 Å². The highest BCUT2D eigenvalue weighted by Gasteiger charge is 2.10. The van der Waals surface area contributed by atoms with Crippen LogP contribution in [0, 0.1) is 3.57 Å². The molecule has 0 spiro atoms. The van der Waals surface area contributed by atoms with Crippen LogP contribution in [-0.4, -0.2) is 14.8 Å². The molecule has 0 saturated carbocycles. The Morgan fingerprint density at radius 3 is 3.00 bits per heavy atom. The van der Waals surface area contributed by atoms with Gasteiger partial charge in [0.25, 0.3) is 0 Å². The molecule has 0 aliphatic rings. The summed E-state index contributed by atoms with van der Waals surface area (Å²) < 4.78 is 2.64. The zero-order chi connectivity index (χ0) is 12.4. The van der Waals surface area contributed by atoms with Crippen molar-refractivity contribution in [1.82, 2.24) is 14.8 Å². The summed E-state index contributed by atoms with van der Waals surface area (Å²) in [5.41, 5.74) is 6.24. The average molecular weight is 362 g/mol. The molecule has 0 amide bonds. The Morgan fingerprint density at radius 1 is 1.59 bits per heavy atom. The molecule has 90 valence electrons. The van der Waals surface area contributed by atoms with E-state index in [1.54, 1.807) is 4.57 Å². The van der Waals surface area contributed by atoms with Crippen LogP contribution < -0.4 is 11.4 Å². The molecule has 7 heteroatoms. The van der Waals surface area contributed by atoms with Gasteiger partial charge in [-0.15, -0.1) is 5.10 Å². The van der Waals surface area contributed by atoms with Gasteiger partial charge in [-0.3, -0.25) is 4.57 Å². The lowest BCUT2D eigenvalue weighted by atomic mass is 10.3. The monoisotopic (exact) mass is 362 g/mol. The molecular formula is C10H11IN4OS. The van der Waals surface area contributed by atoms with Gasteiger partial charge in [-0.2, -0.15) is 0 Å². The molecule has 5 nitrogen and oxygen atoms in total. The van der Waals surface area contributed by atoms with Gasteiger partial charge >= 0.3 is 5.69 Å². The molecule has 1 heterocycles. The molecular weight excluding hydrogens is 351 g/mol. The van der Waals surface area contributed by atoms with Crippen LogP contribution in [0.2, 0.25) is 0 Å². The van der Waals surface area contributed by atoms with Crippen molar-refractivity contribution in [2.45, 2.75) is 23.5 Å². The van der Waals surface area contributed by atoms with Gasteiger partial charge in [0.05, 0.1) is 0 Å². The van der Waals surface area contributed by atoms with Gasteiger partial charge in [0.1, 0.15) is 0 Å². The lowest BCUT2D eigenvalue weighted by Crippen LogP contribution is -2.16. The van der Waals surface area contributed by atoms with Crippen LogP contribution in [-0.2, 0) is 6.54 Å². The Balaban J connectivity index is 2.34. The number of nitrogens with one attached hydrogen (secondary N) is 1. The van der Waals surface area contributed by atoms with Crippen molar-refractivity contribution < 1.29 is 0 Å². The van der Waals surface area contributed by atoms with Crippen LogP contribution in [0.5, 0.6) is 0 Å². The lowest BCUT2D eigenvalue weighted by Gasteiger charge is -2.05. The molecule has 0 radical (unpaired) electrons. The van der Waals surface area contributed by atoms with Crippen molar-refractivity contribution in [2.75, 3.05) is 5.73 Å². The number of aromatic amines is 1. The highest BCUT2D eigenvalue weighted by Crippen LogP contribution is 2.30. The van der Waals surface area contributed by atoms with Crippen LogP contribution in [0.15, 0.2) is 33.0 Å². The molecule has 0 saturated heterocycles. The third-order valence-corrected chi connectivity index (χ3v) is 4.53. The first-order valence-electron chi connectivity index (χ1n) is 5.00. The Hall–Kier alpha value is -0.960. The van der Waals surface area contributed by atoms with Crippen LogP contribution in [0.25, 0.3) is 0 Å². The summed E-state index contributed by atoms with van der Waals surface area (Å²) in [6.07, 6.45) is 0. The minimum absolute atomic E-state index is 0.180. The largest absolute Gasteiger partial charge is 0.399 e. The number of rotatable bonds is 3. The number of H-pyrrole nitrogens is 1. The third-order valence-electron chi connectivity index (χ3n) is 2.20. The van der Waals surface area contributed by atoms with Gasteiger partial charge in [-0.1, -0.05) is 0 Å². The molecule has 0 unspecified atom stereocenters.